The van der Waals surface area contributed by atoms with Crippen LogP contribution in [0.25, 0.3) is 27.7 Å². The lowest BCUT2D eigenvalue weighted by atomic mass is 9.98. The van der Waals surface area contributed by atoms with Crippen molar-refractivity contribution in [1.82, 2.24) is 4.90 Å². The van der Waals surface area contributed by atoms with Gasteiger partial charge in [-0.1, -0.05) is 18.2 Å². The number of fused-ring (bicyclic) bond motifs is 1. The predicted molar refractivity (Wildman–Crippen MR) is 119 cm³/mol. The minimum absolute atomic E-state index is 0.0599. The lowest BCUT2D eigenvalue weighted by Gasteiger charge is -2.15. The van der Waals surface area contributed by atoms with E-state index in [0.717, 1.165) is 64.9 Å². The molecule has 1 aromatic heterocycles. The highest BCUT2D eigenvalue weighted by atomic mass is 16.5. The van der Waals surface area contributed by atoms with E-state index in [2.05, 4.69) is 6.07 Å². The third-order valence-corrected chi connectivity index (χ3v) is 5.56. The molecule has 1 amide bonds. The Labute approximate surface area is 176 Å². The minimum Gasteiger partial charge on any atom is -0.496 e. The van der Waals surface area contributed by atoms with Crippen molar-refractivity contribution in [2.75, 3.05) is 26.8 Å². The Bertz CT molecular complexity index is 1090. The van der Waals surface area contributed by atoms with Gasteiger partial charge in [0.2, 0.25) is 5.91 Å². The van der Waals surface area contributed by atoms with E-state index in [-0.39, 0.29) is 5.91 Å². The van der Waals surface area contributed by atoms with Crippen molar-refractivity contribution in [2.45, 2.75) is 26.7 Å². The Kier molecular flexibility index (Phi) is 5.79. The number of carbonyl (C=O) groups is 1. The summed E-state index contributed by atoms with van der Waals surface area (Å²) in [4.78, 5) is 14.6. The number of furan rings is 1. The number of amides is 1. The summed E-state index contributed by atoms with van der Waals surface area (Å²) in [7, 11) is 1.66. The van der Waals surface area contributed by atoms with Gasteiger partial charge in [-0.05, 0) is 44.4 Å². The first-order valence-corrected chi connectivity index (χ1v) is 10.4. The number of para-hydroxylation sites is 1. The molecule has 30 heavy (non-hydrogen) atoms. The van der Waals surface area contributed by atoms with Crippen LogP contribution < -0.4 is 9.47 Å². The molecule has 3 aromatic rings. The maximum atomic E-state index is 12.7. The topological polar surface area (TPSA) is 51.9 Å². The standard InChI is InChI=1S/C25H27NO4/c1-4-29-23-15-24-20(21(16-30-24)18-9-5-6-10-22(18)28-3)14-19(23)17(2)13-25(27)26-11-7-8-12-26/h5-6,9-10,13-16H,4,7-8,11-12H2,1-3H3/b17-13+. The first kappa shape index (κ1) is 20.1. The lowest BCUT2D eigenvalue weighted by molar-refractivity contribution is -0.124. The second kappa shape index (κ2) is 8.66. The molecule has 1 aliphatic rings. The van der Waals surface area contributed by atoms with E-state index in [1.165, 1.54) is 0 Å². The van der Waals surface area contributed by atoms with Gasteiger partial charge in [-0.3, -0.25) is 4.79 Å². The molecule has 0 atom stereocenters. The van der Waals surface area contributed by atoms with Gasteiger partial charge in [-0.2, -0.15) is 0 Å². The number of benzene rings is 2. The van der Waals surface area contributed by atoms with Crippen molar-refractivity contribution in [3.63, 3.8) is 0 Å². The molecule has 0 aliphatic carbocycles. The van der Waals surface area contributed by atoms with E-state index in [9.17, 15) is 4.79 Å². The molecular weight excluding hydrogens is 378 g/mol. The molecule has 0 bridgehead atoms. The monoisotopic (exact) mass is 405 g/mol. The number of allylic oxidation sites excluding steroid dienone is 1. The Hall–Kier alpha value is -3.21. The number of methoxy groups -OCH3 is 1. The van der Waals surface area contributed by atoms with Gasteiger partial charge >= 0.3 is 0 Å². The van der Waals surface area contributed by atoms with Crippen molar-refractivity contribution >= 4 is 22.4 Å². The van der Waals surface area contributed by atoms with Crippen molar-refractivity contribution in [1.29, 1.82) is 0 Å². The molecule has 0 unspecified atom stereocenters. The third kappa shape index (κ3) is 3.80. The fourth-order valence-electron chi connectivity index (χ4n) is 4.01. The normalized spacial score (nSPS) is 14.4. The second-order valence-electron chi connectivity index (χ2n) is 7.49. The summed E-state index contributed by atoms with van der Waals surface area (Å²) in [5.41, 5.74) is 4.43. The SMILES string of the molecule is CCOc1cc2occ(-c3ccccc3OC)c2cc1/C(C)=C/C(=O)N1CCCC1. The zero-order chi connectivity index (χ0) is 21.1. The van der Waals surface area contributed by atoms with Gasteiger partial charge in [0.1, 0.15) is 17.1 Å². The molecule has 1 aliphatic heterocycles. The number of hydrogen-bond donors (Lipinski definition) is 0. The quantitative estimate of drug-likeness (QED) is 0.506. The van der Waals surface area contributed by atoms with Crippen molar-refractivity contribution in [3.8, 4) is 22.6 Å². The summed E-state index contributed by atoms with van der Waals surface area (Å²) >= 11 is 0. The Morgan fingerprint density at radius 3 is 2.63 bits per heavy atom. The maximum Gasteiger partial charge on any atom is 0.246 e. The second-order valence-corrected chi connectivity index (χ2v) is 7.49. The van der Waals surface area contributed by atoms with Gasteiger partial charge < -0.3 is 18.8 Å². The number of carbonyl (C=O) groups excluding carboxylic acids is 1. The predicted octanol–water partition coefficient (Wildman–Crippen LogP) is 5.53. The summed E-state index contributed by atoms with van der Waals surface area (Å²) in [6.07, 6.45) is 5.62. The van der Waals surface area contributed by atoms with Crippen LogP contribution in [0.4, 0.5) is 0 Å². The van der Waals surface area contributed by atoms with Crippen molar-refractivity contribution < 1.29 is 18.7 Å². The molecular formula is C25H27NO4. The van der Waals surface area contributed by atoms with Gasteiger partial charge in [0.05, 0.1) is 20.0 Å². The lowest BCUT2D eigenvalue weighted by Crippen LogP contribution is -2.25. The average molecular weight is 405 g/mol. The van der Waals surface area contributed by atoms with Crippen LogP contribution in [0.3, 0.4) is 0 Å². The van der Waals surface area contributed by atoms with Crippen LogP contribution in [0.2, 0.25) is 0 Å². The molecule has 0 radical (unpaired) electrons. The summed E-state index contributed by atoms with van der Waals surface area (Å²) in [6.45, 7) is 6.11. The van der Waals surface area contributed by atoms with Crippen LogP contribution in [0.15, 0.2) is 53.2 Å². The van der Waals surface area contributed by atoms with Crippen molar-refractivity contribution in [3.05, 3.63) is 54.3 Å². The summed E-state index contributed by atoms with van der Waals surface area (Å²) in [5, 5.41) is 0.958. The molecule has 2 aromatic carbocycles. The smallest absolute Gasteiger partial charge is 0.246 e. The Balaban J connectivity index is 1.81. The average Bonchev–Trinajstić information content (AvgIpc) is 3.43. The molecule has 0 spiro atoms. The minimum atomic E-state index is 0.0599. The Morgan fingerprint density at radius 1 is 1.13 bits per heavy atom. The van der Waals surface area contributed by atoms with Crippen LogP contribution in [-0.4, -0.2) is 37.6 Å². The fourth-order valence-corrected chi connectivity index (χ4v) is 4.01. The number of ether oxygens (including phenoxy) is 2. The van der Waals surface area contributed by atoms with Crippen LogP contribution in [0.1, 0.15) is 32.3 Å². The third-order valence-electron chi connectivity index (χ3n) is 5.56. The van der Waals surface area contributed by atoms with E-state index in [0.29, 0.717) is 12.4 Å². The maximum absolute atomic E-state index is 12.7. The highest BCUT2D eigenvalue weighted by molar-refractivity contribution is 6.01. The zero-order valence-electron chi connectivity index (χ0n) is 17.7. The highest BCUT2D eigenvalue weighted by Gasteiger charge is 2.19. The molecule has 5 heteroatoms. The fraction of sp³-hybridized carbons (Fsp3) is 0.320. The number of nitrogens with zero attached hydrogens (tertiary/aromatic N) is 1. The van der Waals surface area contributed by atoms with Gasteiger partial charge in [0.25, 0.3) is 0 Å². The molecule has 0 saturated carbocycles. The van der Waals surface area contributed by atoms with E-state index < -0.39 is 0 Å². The molecule has 1 fully saturated rings. The summed E-state index contributed by atoms with van der Waals surface area (Å²) < 4.78 is 17.3. The summed E-state index contributed by atoms with van der Waals surface area (Å²) in [5.74, 6) is 1.56. The first-order valence-electron chi connectivity index (χ1n) is 10.4. The molecule has 0 N–H and O–H groups in total. The number of hydrogen-bond acceptors (Lipinski definition) is 4. The van der Waals surface area contributed by atoms with Gasteiger partial charge in [-0.15, -0.1) is 0 Å². The van der Waals surface area contributed by atoms with E-state index in [1.807, 2.05) is 49.1 Å². The Morgan fingerprint density at radius 2 is 1.90 bits per heavy atom. The molecule has 4 rings (SSSR count). The zero-order valence-corrected chi connectivity index (χ0v) is 17.7. The summed E-state index contributed by atoms with van der Waals surface area (Å²) in [6, 6.07) is 11.8. The van der Waals surface area contributed by atoms with Gasteiger partial charge in [-0.25, -0.2) is 0 Å². The first-order chi connectivity index (χ1) is 14.6. The van der Waals surface area contributed by atoms with Crippen molar-refractivity contribution in [2.24, 2.45) is 0 Å². The largest absolute Gasteiger partial charge is 0.496 e. The van der Waals surface area contributed by atoms with Crippen LogP contribution in [-0.2, 0) is 4.79 Å². The van der Waals surface area contributed by atoms with Gasteiger partial charge in [0, 0.05) is 47.3 Å². The van der Waals surface area contributed by atoms with Crippen LogP contribution in [0, 0.1) is 0 Å². The highest BCUT2D eigenvalue weighted by Crippen LogP contribution is 2.40. The molecule has 5 nitrogen and oxygen atoms in total. The van der Waals surface area contributed by atoms with E-state index in [4.69, 9.17) is 13.9 Å². The van der Waals surface area contributed by atoms with Gasteiger partial charge in [0.15, 0.2) is 0 Å². The molecule has 156 valence electrons. The van der Waals surface area contributed by atoms with Crippen LogP contribution >= 0.6 is 0 Å². The number of rotatable bonds is 6. The number of likely N-dealkylation sites (tertiary alicyclic amines) is 1. The van der Waals surface area contributed by atoms with E-state index >= 15 is 0 Å². The van der Waals surface area contributed by atoms with Crippen LogP contribution in [0.5, 0.6) is 11.5 Å². The molecule has 2 heterocycles. The molecule has 1 saturated heterocycles. The van der Waals surface area contributed by atoms with E-state index in [1.54, 1.807) is 19.4 Å².